The second-order valence-electron chi connectivity index (χ2n) is 4.89. The Labute approximate surface area is 103 Å². The van der Waals surface area contributed by atoms with E-state index in [1.54, 1.807) is 4.90 Å². The summed E-state index contributed by atoms with van der Waals surface area (Å²) in [7, 11) is 1.86. The number of hydrogen-bond donors (Lipinski definition) is 1. The van der Waals surface area contributed by atoms with E-state index in [0.717, 1.165) is 25.1 Å². The van der Waals surface area contributed by atoms with Gasteiger partial charge in [0.05, 0.1) is 6.04 Å². The average Bonchev–Trinajstić information content (AvgIpc) is 2.79. The van der Waals surface area contributed by atoms with Crippen molar-refractivity contribution in [2.45, 2.75) is 32.7 Å². The molecule has 0 aromatic heterocycles. The maximum atomic E-state index is 12.2. The van der Waals surface area contributed by atoms with E-state index >= 15 is 0 Å². The second kappa shape index (κ2) is 4.88. The molecule has 1 aromatic carbocycles. The Kier molecular flexibility index (Phi) is 3.48. The predicted molar refractivity (Wildman–Crippen MR) is 70.4 cm³/mol. The van der Waals surface area contributed by atoms with Crippen LogP contribution in [-0.2, 0) is 4.79 Å². The molecule has 1 amide bonds. The van der Waals surface area contributed by atoms with Gasteiger partial charge in [-0.15, -0.1) is 0 Å². The zero-order valence-electron chi connectivity index (χ0n) is 10.8. The lowest BCUT2D eigenvalue weighted by Crippen LogP contribution is -2.41. The molecule has 0 spiro atoms. The Morgan fingerprint density at radius 2 is 1.94 bits per heavy atom. The highest BCUT2D eigenvalue weighted by Crippen LogP contribution is 2.19. The molecule has 0 aliphatic carbocycles. The van der Waals surface area contributed by atoms with Crippen molar-refractivity contribution in [3.05, 3.63) is 29.3 Å². The van der Waals surface area contributed by atoms with Gasteiger partial charge in [-0.25, -0.2) is 0 Å². The van der Waals surface area contributed by atoms with Crippen LogP contribution in [0.1, 0.15) is 24.0 Å². The van der Waals surface area contributed by atoms with Crippen molar-refractivity contribution in [3.8, 4) is 0 Å². The molecule has 0 unspecified atom stereocenters. The number of rotatable bonds is 2. The van der Waals surface area contributed by atoms with E-state index in [4.69, 9.17) is 0 Å². The van der Waals surface area contributed by atoms with Gasteiger partial charge < -0.3 is 10.2 Å². The van der Waals surface area contributed by atoms with Gasteiger partial charge in [-0.3, -0.25) is 4.79 Å². The molecule has 2 rings (SSSR count). The lowest BCUT2D eigenvalue weighted by atomic mass is 10.1. The largest absolute Gasteiger partial charge is 0.314 e. The Balaban J connectivity index is 2.17. The molecule has 17 heavy (non-hydrogen) atoms. The second-order valence-corrected chi connectivity index (χ2v) is 4.89. The number of nitrogens with zero attached hydrogens (tertiary/aromatic N) is 1. The van der Waals surface area contributed by atoms with E-state index in [-0.39, 0.29) is 11.9 Å². The number of hydrogen-bond acceptors (Lipinski definition) is 2. The first-order valence-corrected chi connectivity index (χ1v) is 6.17. The Bertz CT molecular complexity index is 402. The Morgan fingerprint density at radius 1 is 1.29 bits per heavy atom. The SMILES string of the molecule is Cc1cc(C)cc(N(C)C(=O)[C@H]2CCCN2)c1. The standard InChI is InChI=1S/C14H20N2O/c1-10-7-11(2)9-12(8-10)16(3)14(17)13-5-4-6-15-13/h7-9,13,15H,4-6H2,1-3H3/t13-/m1/s1. The molecule has 0 saturated carbocycles. The van der Waals surface area contributed by atoms with Crippen LogP contribution < -0.4 is 10.2 Å². The fourth-order valence-electron chi connectivity index (χ4n) is 2.40. The fourth-order valence-corrected chi connectivity index (χ4v) is 2.40. The summed E-state index contributed by atoms with van der Waals surface area (Å²) in [5, 5.41) is 3.25. The summed E-state index contributed by atoms with van der Waals surface area (Å²) in [5.74, 6) is 0.174. The molecule has 1 fully saturated rings. The first-order chi connectivity index (χ1) is 8.08. The van der Waals surface area contributed by atoms with Crippen LogP contribution in [0, 0.1) is 13.8 Å². The lowest BCUT2D eigenvalue weighted by molar-refractivity contribution is -0.119. The van der Waals surface area contributed by atoms with Crippen molar-refractivity contribution in [2.75, 3.05) is 18.5 Å². The van der Waals surface area contributed by atoms with Crippen LogP contribution in [0.15, 0.2) is 18.2 Å². The van der Waals surface area contributed by atoms with E-state index in [1.165, 1.54) is 11.1 Å². The number of likely N-dealkylation sites (N-methyl/N-ethyl adjacent to an activating group) is 1. The van der Waals surface area contributed by atoms with Crippen molar-refractivity contribution in [1.82, 2.24) is 5.32 Å². The van der Waals surface area contributed by atoms with Gasteiger partial charge in [0.1, 0.15) is 0 Å². The topological polar surface area (TPSA) is 32.3 Å². The number of benzene rings is 1. The van der Waals surface area contributed by atoms with E-state index in [1.807, 2.05) is 7.05 Å². The number of nitrogens with one attached hydrogen (secondary N) is 1. The van der Waals surface area contributed by atoms with Crippen LogP contribution in [0.3, 0.4) is 0 Å². The summed E-state index contributed by atoms with van der Waals surface area (Å²) in [5.41, 5.74) is 3.37. The van der Waals surface area contributed by atoms with Crippen LogP contribution in [0.4, 0.5) is 5.69 Å². The van der Waals surface area contributed by atoms with Gasteiger partial charge in [0.2, 0.25) is 5.91 Å². The summed E-state index contributed by atoms with van der Waals surface area (Å²) in [4.78, 5) is 14.0. The number of aryl methyl sites for hydroxylation is 2. The monoisotopic (exact) mass is 232 g/mol. The summed E-state index contributed by atoms with van der Waals surface area (Å²) < 4.78 is 0. The first-order valence-electron chi connectivity index (χ1n) is 6.17. The maximum absolute atomic E-state index is 12.2. The Morgan fingerprint density at radius 3 is 2.47 bits per heavy atom. The van der Waals surface area contributed by atoms with E-state index in [0.29, 0.717) is 0 Å². The summed E-state index contributed by atoms with van der Waals surface area (Å²) in [6.45, 7) is 5.07. The minimum absolute atomic E-state index is 0.000758. The van der Waals surface area contributed by atoms with Gasteiger partial charge in [0, 0.05) is 12.7 Å². The zero-order valence-corrected chi connectivity index (χ0v) is 10.8. The highest BCUT2D eigenvalue weighted by molar-refractivity contribution is 5.97. The molecular formula is C14H20N2O. The molecular weight excluding hydrogens is 212 g/mol. The molecule has 92 valence electrons. The molecule has 1 heterocycles. The highest BCUT2D eigenvalue weighted by atomic mass is 16.2. The van der Waals surface area contributed by atoms with Crippen molar-refractivity contribution < 1.29 is 4.79 Å². The first kappa shape index (κ1) is 12.1. The average molecular weight is 232 g/mol. The third-order valence-electron chi connectivity index (χ3n) is 3.28. The van der Waals surface area contributed by atoms with Crippen LogP contribution in [-0.4, -0.2) is 25.5 Å². The van der Waals surface area contributed by atoms with Gasteiger partial charge in [-0.05, 0) is 56.5 Å². The van der Waals surface area contributed by atoms with E-state index < -0.39 is 0 Å². The fraction of sp³-hybridized carbons (Fsp3) is 0.500. The van der Waals surface area contributed by atoms with E-state index in [9.17, 15) is 4.79 Å². The summed E-state index contributed by atoms with van der Waals surface area (Å²) in [6.07, 6.45) is 2.05. The molecule has 0 radical (unpaired) electrons. The van der Waals surface area contributed by atoms with Crippen LogP contribution in [0.5, 0.6) is 0 Å². The molecule has 3 heteroatoms. The van der Waals surface area contributed by atoms with Crippen molar-refractivity contribution >= 4 is 11.6 Å². The van der Waals surface area contributed by atoms with Gasteiger partial charge in [-0.2, -0.15) is 0 Å². The number of carbonyl (C=O) groups excluding carboxylic acids is 1. The number of carbonyl (C=O) groups is 1. The summed E-state index contributed by atoms with van der Waals surface area (Å²) in [6, 6.07) is 6.23. The minimum Gasteiger partial charge on any atom is -0.314 e. The quantitative estimate of drug-likeness (QED) is 0.846. The van der Waals surface area contributed by atoms with Crippen molar-refractivity contribution in [2.24, 2.45) is 0 Å². The maximum Gasteiger partial charge on any atom is 0.243 e. The van der Waals surface area contributed by atoms with Crippen LogP contribution >= 0.6 is 0 Å². The van der Waals surface area contributed by atoms with Crippen LogP contribution in [0.25, 0.3) is 0 Å². The molecule has 1 aliphatic rings. The van der Waals surface area contributed by atoms with Gasteiger partial charge in [-0.1, -0.05) is 6.07 Å². The van der Waals surface area contributed by atoms with Gasteiger partial charge in [0.25, 0.3) is 0 Å². The molecule has 1 saturated heterocycles. The van der Waals surface area contributed by atoms with Crippen molar-refractivity contribution in [3.63, 3.8) is 0 Å². The molecule has 1 aliphatic heterocycles. The molecule has 1 atom stereocenters. The molecule has 0 bridgehead atoms. The molecule has 1 aromatic rings. The summed E-state index contributed by atoms with van der Waals surface area (Å²) >= 11 is 0. The van der Waals surface area contributed by atoms with E-state index in [2.05, 4.69) is 37.4 Å². The number of anilines is 1. The van der Waals surface area contributed by atoms with Crippen molar-refractivity contribution in [1.29, 1.82) is 0 Å². The normalized spacial score (nSPS) is 19.4. The highest BCUT2D eigenvalue weighted by Gasteiger charge is 2.25. The van der Waals surface area contributed by atoms with Crippen LogP contribution in [0.2, 0.25) is 0 Å². The molecule has 1 N–H and O–H groups in total. The predicted octanol–water partition coefficient (Wildman–Crippen LogP) is 2.02. The zero-order chi connectivity index (χ0) is 12.4. The minimum atomic E-state index is 0.000758. The Hall–Kier alpha value is -1.35. The third-order valence-corrected chi connectivity index (χ3v) is 3.28. The third kappa shape index (κ3) is 2.67. The molecule has 3 nitrogen and oxygen atoms in total. The number of amides is 1. The van der Waals surface area contributed by atoms with Gasteiger partial charge in [0.15, 0.2) is 0 Å². The smallest absolute Gasteiger partial charge is 0.243 e. The van der Waals surface area contributed by atoms with Gasteiger partial charge >= 0.3 is 0 Å². The lowest BCUT2D eigenvalue weighted by Gasteiger charge is -2.22.